The molecular weight excluding hydrogens is 312 g/mol. The number of benzene rings is 1. The molecule has 0 bridgehead atoms. The Balaban J connectivity index is 1.40. The van der Waals surface area contributed by atoms with Gasteiger partial charge in [0.15, 0.2) is 0 Å². The zero-order valence-corrected chi connectivity index (χ0v) is 15.1. The molecule has 1 aromatic heterocycles. The number of carbonyl (C=O) groups is 1. The number of H-pyrrole nitrogens is 1. The number of aromatic amines is 1. The van der Waals surface area contributed by atoms with Crippen LogP contribution in [0.1, 0.15) is 36.8 Å². The summed E-state index contributed by atoms with van der Waals surface area (Å²) in [5.74, 6) is 1.58. The topological polar surface area (TPSA) is 45.3 Å². The fourth-order valence-corrected chi connectivity index (χ4v) is 4.31. The van der Waals surface area contributed by atoms with Crippen molar-refractivity contribution < 1.29 is 9.53 Å². The fourth-order valence-electron chi connectivity index (χ4n) is 4.31. The van der Waals surface area contributed by atoms with Crippen LogP contribution in [0, 0.1) is 18.8 Å². The molecule has 1 aromatic carbocycles. The number of carbonyl (C=O) groups excluding carboxylic acids is 1. The van der Waals surface area contributed by atoms with Crippen LogP contribution in [0.15, 0.2) is 24.4 Å². The standard InChI is InChI=1S/C21H28N2O2/c1-15-4-2-7-19-21(15)17(12-22-19)8-9-20(24)23-10-11-25-14-18(13-23)16-5-3-6-16/h2,4,7,12,16,18,22H,3,5-6,8-11,13-14H2,1H3. The molecule has 4 nitrogen and oxygen atoms in total. The summed E-state index contributed by atoms with van der Waals surface area (Å²) in [6.45, 7) is 5.28. The highest BCUT2D eigenvalue weighted by atomic mass is 16.5. The first-order chi connectivity index (χ1) is 12.2. The van der Waals surface area contributed by atoms with Gasteiger partial charge in [-0.05, 0) is 36.5 Å². The molecule has 1 aliphatic carbocycles. The Morgan fingerprint density at radius 3 is 3.00 bits per heavy atom. The van der Waals surface area contributed by atoms with Gasteiger partial charge in [-0.15, -0.1) is 0 Å². The number of hydrogen-bond acceptors (Lipinski definition) is 2. The summed E-state index contributed by atoms with van der Waals surface area (Å²) in [4.78, 5) is 18.2. The quantitative estimate of drug-likeness (QED) is 0.923. The van der Waals surface area contributed by atoms with E-state index in [0.717, 1.165) is 37.6 Å². The van der Waals surface area contributed by atoms with E-state index >= 15 is 0 Å². The molecule has 4 rings (SSSR count). The van der Waals surface area contributed by atoms with Crippen LogP contribution in [-0.2, 0) is 16.0 Å². The van der Waals surface area contributed by atoms with Crippen LogP contribution >= 0.6 is 0 Å². The minimum absolute atomic E-state index is 0.276. The van der Waals surface area contributed by atoms with Crippen molar-refractivity contribution in [3.05, 3.63) is 35.5 Å². The lowest BCUT2D eigenvalue weighted by Gasteiger charge is -2.35. The van der Waals surface area contributed by atoms with Gasteiger partial charge in [0, 0.05) is 42.5 Å². The maximum Gasteiger partial charge on any atom is 0.222 e. The SMILES string of the molecule is Cc1cccc2[nH]cc(CCC(=O)N3CCOCC(C4CCC4)C3)c12. The number of hydrogen-bond donors (Lipinski definition) is 1. The van der Waals surface area contributed by atoms with Crippen molar-refractivity contribution in [2.75, 3.05) is 26.3 Å². The van der Waals surface area contributed by atoms with Gasteiger partial charge in [0.1, 0.15) is 0 Å². The van der Waals surface area contributed by atoms with Crippen molar-refractivity contribution in [1.29, 1.82) is 0 Å². The molecule has 1 saturated carbocycles. The maximum absolute atomic E-state index is 12.8. The third-order valence-electron chi connectivity index (χ3n) is 6.07. The molecule has 2 aromatic rings. The summed E-state index contributed by atoms with van der Waals surface area (Å²) in [5, 5.41) is 1.28. The van der Waals surface area contributed by atoms with Crippen molar-refractivity contribution in [3.8, 4) is 0 Å². The molecular formula is C21H28N2O2. The van der Waals surface area contributed by atoms with Crippen molar-refractivity contribution in [3.63, 3.8) is 0 Å². The summed E-state index contributed by atoms with van der Waals surface area (Å²) in [5.41, 5.74) is 3.69. The summed E-state index contributed by atoms with van der Waals surface area (Å²) in [7, 11) is 0. The van der Waals surface area contributed by atoms with Gasteiger partial charge in [0.25, 0.3) is 0 Å². The highest BCUT2D eigenvalue weighted by Crippen LogP contribution is 2.35. The molecule has 134 valence electrons. The fraction of sp³-hybridized carbons (Fsp3) is 0.571. The third kappa shape index (κ3) is 3.45. The van der Waals surface area contributed by atoms with Crippen LogP contribution in [0.2, 0.25) is 0 Å². The van der Waals surface area contributed by atoms with Gasteiger partial charge in [-0.1, -0.05) is 31.4 Å². The van der Waals surface area contributed by atoms with E-state index in [1.807, 2.05) is 0 Å². The molecule has 2 fully saturated rings. The summed E-state index contributed by atoms with van der Waals surface area (Å²) in [6.07, 6.45) is 7.41. The predicted octanol–water partition coefficient (Wildman–Crippen LogP) is 3.68. The first kappa shape index (κ1) is 16.6. The molecule has 2 aliphatic rings. The minimum Gasteiger partial charge on any atom is -0.379 e. The monoisotopic (exact) mass is 340 g/mol. The average molecular weight is 340 g/mol. The smallest absolute Gasteiger partial charge is 0.222 e. The normalized spacial score (nSPS) is 22.0. The van der Waals surface area contributed by atoms with Gasteiger partial charge in [-0.2, -0.15) is 0 Å². The number of aromatic nitrogens is 1. The van der Waals surface area contributed by atoms with Crippen LogP contribution in [0.4, 0.5) is 0 Å². The second-order valence-electron chi connectivity index (χ2n) is 7.68. The number of aryl methyl sites for hydroxylation is 2. The maximum atomic E-state index is 12.8. The van der Waals surface area contributed by atoms with Gasteiger partial charge >= 0.3 is 0 Å². The van der Waals surface area contributed by atoms with Crippen molar-refractivity contribution in [2.45, 2.75) is 39.0 Å². The van der Waals surface area contributed by atoms with Gasteiger partial charge in [0.2, 0.25) is 5.91 Å². The second kappa shape index (κ2) is 7.20. The number of nitrogens with zero attached hydrogens (tertiary/aromatic N) is 1. The molecule has 1 saturated heterocycles. The number of rotatable bonds is 4. The van der Waals surface area contributed by atoms with Gasteiger partial charge in [-0.25, -0.2) is 0 Å². The summed E-state index contributed by atoms with van der Waals surface area (Å²) in [6, 6.07) is 6.31. The molecule has 0 spiro atoms. The van der Waals surface area contributed by atoms with E-state index in [0.29, 0.717) is 18.9 Å². The Morgan fingerprint density at radius 2 is 2.20 bits per heavy atom. The Morgan fingerprint density at radius 1 is 1.32 bits per heavy atom. The van der Waals surface area contributed by atoms with E-state index in [4.69, 9.17) is 4.74 Å². The van der Waals surface area contributed by atoms with Gasteiger partial charge < -0.3 is 14.6 Å². The van der Waals surface area contributed by atoms with Crippen LogP contribution in [0.25, 0.3) is 10.9 Å². The Hall–Kier alpha value is -1.81. The molecule has 25 heavy (non-hydrogen) atoms. The number of amides is 1. The van der Waals surface area contributed by atoms with Gasteiger partial charge in [-0.3, -0.25) is 4.79 Å². The van der Waals surface area contributed by atoms with Crippen molar-refractivity contribution in [1.82, 2.24) is 9.88 Å². The number of nitrogens with one attached hydrogen (secondary N) is 1. The first-order valence-corrected chi connectivity index (χ1v) is 9.63. The van der Waals surface area contributed by atoms with Crippen LogP contribution in [-0.4, -0.2) is 42.1 Å². The Labute approximate surface area is 149 Å². The van der Waals surface area contributed by atoms with E-state index in [9.17, 15) is 4.79 Å². The molecule has 0 radical (unpaired) electrons. The molecule has 1 amide bonds. The van der Waals surface area contributed by atoms with Crippen LogP contribution in [0.3, 0.4) is 0 Å². The highest BCUT2D eigenvalue weighted by molar-refractivity contribution is 5.87. The zero-order chi connectivity index (χ0) is 17.2. The first-order valence-electron chi connectivity index (χ1n) is 9.63. The zero-order valence-electron chi connectivity index (χ0n) is 15.1. The third-order valence-corrected chi connectivity index (χ3v) is 6.07. The molecule has 1 atom stereocenters. The van der Waals surface area contributed by atoms with Crippen LogP contribution in [0.5, 0.6) is 0 Å². The van der Waals surface area contributed by atoms with E-state index in [2.05, 4.69) is 41.2 Å². The lowest BCUT2D eigenvalue weighted by molar-refractivity contribution is -0.131. The summed E-state index contributed by atoms with van der Waals surface area (Å²) >= 11 is 0. The molecule has 1 unspecified atom stereocenters. The molecule has 1 N–H and O–H groups in total. The highest BCUT2D eigenvalue weighted by Gasteiger charge is 2.31. The van der Waals surface area contributed by atoms with E-state index in [1.165, 1.54) is 35.8 Å². The van der Waals surface area contributed by atoms with E-state index in [1.54, 1.807) is 0 Å². The van der Waals surface area contributed by atoms with E-state index in [-0.39, 0.29) is 5.91 Å². The molecule has 4 heteroatoms. The predicted molar refractivity (Wildman–Crippen MR) is 99.6 cm³/mol. The average Bonchev–Trinajstić information content (AvgIpc) is 2.83. The number of ether oxygens (including phenoxy) is 1. The van der Waals surface area contributed by atoms with Gasteiger partial charge in [0.05, 0.1) is 13.2 Å². The minimum atomic E-state index is 0.276. The lowest BCUT2D eigenvalue weighted by Crippen LogP contribution is -2.39. The largest absolute Gasteiger partial charge is 0.379 e. The van der Waals surface area contributed by atoms with Crippen molar-refractivity contribution in [2.24, 2.45) is 11.8 Å². The molecule has 1 aliphatic heterocycles. The Kier molecular flexibility index (Phi) is 4.80. The van der Waals surface area contributed by atoms with Crippen molar-refractivity contribution >= 4 is 16.8 Å². The van der Waals surface area contributed by atoms with Crippen LogP contribution < -0.4 is 0 Å². The van der Waals surface area contributed by atoms with E-state index < -0.39 is 0 Å². The number of fused-ring (bicyclic) bond motifs is 1. The second-order valence-corrected chi connectivity index (χ2v) is 7.68. The lowest BCUT2D eigenvalue weighted by atomic mass is 9.76. The molecule has 2 heterocycles. The summed E-state index contributed by atoms with van der Waals surface area (Å²) < 4.78 is 5.77. The Bertz CT molecular complexity index is 747.